The third-order valence-corrected chi connectivity index (χ3v) is 12.1. The number of imidazole rings is 2. The maximum absolute atomic E-state index is 16.0. The third kappa shape index (κ3) is 8.45. The lowest BCUT2D eigenvalue weighted by molar-refractivity contribution is -0.138. The number of aryl methyl sites for hydroxylation is 2. The molecule has 320 valence electrons. The molecule has 4 aromatic rings. The Morgan fingerprint density at radius 1 is 0.750 bits per heavy atom. The molecule has 3 aliphatic rings. The Hall–Kier alpha value is -5.81. The number of nitrogens with one attached hydrogen (secondary N) is 4. The molecule has 0 spiro atoms. The number of likely N-dealkylation sites (tertiary alicyclic amines) is 2. The van der Waals surface area contributed by atoms with Crippen LogP contribution in [0.5, 0.6) is 0 Å². The standard InChI is InChI=1S/C43H53FN8O8/c1-23(57-3)35(49-42(55)59-5)40(53)51-18-8-12-33(51)38-45-22-32(47-38)29-17-15-26(21-30(29)44)25-14-16-28-27(20-25)10-7-11-31-37(28)48-39(46-31)34-13-9-19-52(34)41(54)36(24(2)58-4)50-43(56)60-6/h14-17,20-24,33-36H,7-13,18-19H2,1-6H3,(H,45,47)(H,46,48)(H,49,55)(H,50,56)/t23-,24+,33-,34-,35-,36-/m0/s1. The Labute approximate surface area is 347 Å². The Morgan fingerprint density at radius 3 is 1.88 bits per heavy atom. The minimum Gasteiger partial charge on any atom is -0.453 e. The molecule has 4 heterocycles. The molecule has 17 heteroatoms. The number of hydrogen-bond donors (Lipinski definition) is 4. The summed E-state index contributed by atoms with van der Waals surface area (Å²) in [6.45, 7) is 4.42. The molecule has 4 N–H and O–H groups in total. The molecule has 16 nitrogen and oxygen atoms in total. The van der Waals surface area contributed by atoms with Gasteiger partial charge in [-0.05, 0) is 87.6 Å². The van der Waals surface area contributed by atoms with Gasteiger partial charge in [0.25, 0.3) is 0 Å². The highest BCUT2D eigenvalue weighted by molar-refractivity contribution is 5.87. The first-order valence-corrected chi connectivity index (χ1v) is 20.4. The molecule has 2 fully saturated rings. The lowest BCUT2D eigenvalue weighted by Gasteiger charge is -2.30. The summed E-state index contributed by atoms with van der Waals surface area (Å²) in [4.78, 5) is 71.5. The summed E-state index contributed by atoms with van der Waals surface area (Å²) in [6.07, 6.45) is 4.31. The first-order valence-electron chi connectivity index (χ1n) is 20.4. The number of carbonyl (C=O) groups excluding carboxylic acids is 4. The van der Waals surface area contributed by atoms with Gasteiger partial charge in [0, 0.05) is 44.1 Å². The zero-order valence-electron chi connectivity index (χ0n) is 34.8. The number of H-pyrrole nitrogens is 2. The molecule has 2 saturated heterocycles. The van der Waals surface area contributed by atoms with Crippen LogP contribution in [0.1, 0.15) is 80.9 Å². The van der Waals surface area contributed by atoms with Crippen LogP contribution < -0.4 is 10.6 Å². The van der Waals surface area contributed by atoms with E-state index in [1.54, 1.807) is 35.9 Å². The van der Waals surface area contributed by atoms with E-state index in [4.69, 9.17) is 23.9 Å². The fourth-order valence-corrected chi connectivity index (χ4v) is 8.60. The van der Waals surface area contributed by atoms with E-state index in [1.807, 2.05) is 18.2 Å². The topological polar surface area (TPSA) is 193 Å². The van der Waals surface area contributed by atoms with E-state index >= 15 is 4.39 Å². The van der Waals surface area contributed by atoms with Crippen LogP contribution in [0.15, 0.2) is 42.6 Å². The van der Waals surface area contributed by atoms with Crippen molar-refractivity contribution in [2.45, 2.75) is 95.2 Å². The van der Waals surface area contributed by atoms with Crippen molar-refractivity contribution >= 4 is 24.0 Å². The molecular weight excluding hydrogens is 776 g/mol. The van der Waals surface area contributed by atoms with Gasteiger partial charge in [0.15, 0.2) is 0 Å². The zero-order chi connectivity index (χ0) is 42.7. The van der Waals surface area contributed by atoms with E-state index in [2.05, 4.69) is 31.7 Å². The first kappa shape index (κ1) is 42.3. The fourth-order valence-electron chi connectivity index (χ4n) is 8.60. The van der Waals surface area contributed by atoms with E-state index in [1.165, 1.54) is 34.5 Å². The van der Waals surface area contributed by atoms with Crippen molar-refractivity contribution in [1.29, 1.82) is 0 Å². The van der Waals surface area contributed by atoms with Crippen LogP contribution >= 0.6 is 0 Å². The molecule has 2 aromatic heterocycles. The van der Waals surface area contributed by atoms with Gasteiger partial charge >= 0.3 is 12.2 Å². The highest BCUT2D eigenvalue weighted by Gasteiger charge is 2.40. The SMILES string of the molecule is COC(=O)N[C@H](C(=O)N1CCC[C@H]1c1ncc(-c2ccc(-c3ccc4c(c3)CCCc3[nH]c([C@@H]5CCCN5C(=O)[C@@H](NC(=O)OC)[C@@H](C)OC)nc3-4)cc2F)[nH]1)[C@H](C)OC. The third-order valence-electron chi connectivity index (χ3n) is 12.1. The second kappa shape index (κ2) is 18.2. The molecule has 1 aliphatic carbocycles. The fraction of sp³-hybridized carbons (Fsp3) is 0.488. The van der Waals surface area contributed by atoms with Crippen LogP contribution in [0, 0.1) is 5.82 Å². The summed E-state index contributed by atoms with van der Waals surface area (Å²) in [6, 6.07) is 8.67. The Kier molecular flexibility index (Phi) is 12.8. The summed E-state index contributed by atoms with van der Waals surface area (Å²) in [5.74, 6) is 0.231. The molecule has 0 unspecified atom stereocenters. The summed E-state index contributed by atoms with van der Waals surface area (Å²) < 4.78 is 36.3. The number of hydrogen-bond acceptors (Lipinski definition) is 10. The number of fused-ring (bicyclic) bond motifs is 3. The van der Waals surface area contributed by atoms with Crippen LogP contribution in [0.25, 0.3) is 33.6 Å². The molecule has 0 bridgehead atoms. The number of benzene rings is 2. The van der Waals surface area contributed by atoms with E-state index < -0.39 is 48.3 Å². The van der Waals surface area contributed by atoms with Crippen molar-refractivity contribution in [3.8, 4) is 33.6 Å². The van der Waals surface area contributed by atoms with Crippen LogP contribution in [0.2, 0.25) is 0 Å². The van der Waals surface area contributed by atoms with Gasteiger partial charge < -0.3 is 49.3 Å². The summed E-state index contributed by atoms with van der Waals surface area (Å²) in [7, 11) is 5.45. The van der Waals surface area contributed by atoms with E-state index in [-0.39, 0.29) is 17.9 Å². The summed E-state index contributed by atoms with van der Waals surface area (Å²) >= 11 is 0. The maximum Gasteiger partial charge on any atom is 0.407 e. The Balaban J connectivity index is 1.08. The predicted octanol–water partition coefficient (Wildman–Crippen LogP) is 5.61. The monoisotopic (exact) mass is 828 g/mol. The number of amides is 4. The summed E-state index contributed by atoms with van der Waals surface area (Å²) in [5, 5.41) is 5.22. The minimum atomic E-state index is -0.961. The van der Waals surface area contributed by atoms with Crippen molar-refractivity contribution in [3.63, 3.8) is 0 Å². The van der Waals surface area contributed by atoms with Gasteiger partial charge in [0.05, 0.1) is 56.1 Å². The highest BCUT2D eigenvalue weighted by Crippen LogP contribution is 2.39. The second-order valence-corrected chi connectivity index (χ2v) is 15.5. The van der Waals surface area contributed by atoms with E-state index in [9.17, 15) is 19.2 Å². The lowest BCUT2D eigenvalue weighted by Crippen LogP contribution is -2.54. The van der Waals surface area contributed by atoms with Crippen LogP contribution in [0.4, 0.5) is 14.0 Å². The van der Waals surface area contributed by atoms with E-state index in [0.717, 1.165) is 72.2 Å². The molecule has 4 amide bonds. The molecule has 6 atom stereocenters. The first-order chi connectivity index (χ1) is 29.0. The molecule has 0 radical (unpaired) electrons. The lowest BCUT2D eigenvalue weighted by atomic mass is 9.95. The van der Waals surface area contributed by atoms with Crippen LogP contribution in [-0.2, 0) is 41.4 Å². The van der Waals surface area contributed by atoms with Crippen molar-refractivity contribution < 1.29 is 42.5 Å². The maximum atomic E-state index is 16.0. The molecule has 60 heavy (non-hydrogen) atoms. The molecule has 2 aromatic carbocycles. The quantitative estimate of drug-likeness (QED) is 0.140. The van der Waals surface area contributed by atoms with E-state index in [0.29, 0.717) is 42.4 Å². The number of methoxy groups -OCH3 is 4. The molecular formula is C43H53FN8O8. The highest BCUT2D eigenvalue weighted by atomic mass is 19.1. The van der Waals surface area contributed by atoms with Gasteiger partial charge in [-0.15, -0.1) is 0 Å². The van der Waals surface area contributed by atoms with Gasteiger partial charge in [0.2, 0.25) is 11.8 Å². The molecule has 2 aliphatic heterocycles. The number of halogens is 1. The zero-order valence-corrected chi connectivity index (χ0v) is 34.8. The average Bonchev–Trinajstić information content (AvgIpc) is 4.10. The van der Waals surface area contributed by atoms with Crippen molar-refractivity contribution in [2.75, 3.05) is 41.5 Å². The number of aromatic nitrogens is 4. The average molecular weight is 829 g/mol. The number of ether oxygens (including phenoxy) is 4. The number of nitrogens with zero attached hydrogens (tertiary/aromatic N) is 4. The predicted molar refractivity (Wildman–Crippen MR) is 218 cm³/mol. The number of carbonyl (C=O) groups is 4. The molecule has 7 rings (SSSR count). The van der Waals surface area contributed by atoms with Gasteiger partial charge in [-0.25, -0.2) is 23.9 Å². The van der Waals surface area contributed by atoms with Crippen LogP contribution in [0.3, 0.4) is 0 Å². The molecule has 0 saturated carbocycles. The Morgan fingerprint density at radius 2 is 1.32 bits per heavy atom. The largest absolute Gasteiger partial charge is 0.453 e. The summed E-state index contributed by atoms with van der Waals surface area (Å²) in [5.41, 5.74) is 6.36. The smallest absolute Gasteiger partial charge is 0.407 e. The normalized spacial score (nSPS) is 19.4. The second-order valence-electron chi connectivity index (χ2n) is 15.5. The minimum absolute atomic E-state index is 0.259. The number of aromatic amines is 2. The van der Waals surface area contributed by atoms with Crippen LogP contribution in [-0.4, -0.2) is 120 Å². The van der Waals surface area contributed by atoms with Gasteiger partial charge in [-0.3, -0.25) is 9.59 Å². The number of alkyl carbamates (subject to hydrolysis) is 2. The van der Waals surface area contributed by atoms with Crippen molar-refractivity contribution in [2.24, 2.45) is 0 Å². The van der Waals surface area contributed by atoms with Gasteiger partial charge in [-0.1, -0.05) is 24.3 Å². The van der Waals surface area contributed by atoms with Crippen molar-refractivity contribution in [1.82, 2.24) is 40.4 Å². The van der Waals surface area contributed by atoms with Gasteiger partial charge in [-0.2, -0.15) is 0 Å². The van der Waals surface area contributed by atoms with Gasteiger partial charge in [0.1, 0.15) is 29.5 Å². The Bertz CT molecular complexity index is 2230. The van der Waals surface area contributed by atoms with Crippen molar-refractivity contribution in [3.05, 3.63) is 71.3 Å². The number of rotatable bonds is 12.